The first kappa shape index (κ1) is 33.0. The normalized spacial score (nSPS) is 11.9. The summed E-state index contributed by atoms with van der Waals surface area (Å²) in [6.45, 7) is 1.55. The first-order valence-electron chi connectivity index (χ1n) is 13.2. The van der Waals surface area contributed by atoms with E-state index in [2.05, 4.69) is 5.32 Å². The Labute approximate surface area is 257 Å². The molecule has 3 aromatic rings. The van der Waals surface area contributed by atoms with Crippen LogP contribution < -0.4 is 19.1 Å². The van der Waals surface area contributed by atoms with E-state index in [9.17, 15) is 18.0 Å². The molecular weight excluding hydrogens is 601 g/mol. The third-order valence-corrected chi connectivity index (χ3v) is 8.38. The number of carbonyl (C=O) groups is 2. The SMILES string of the molecule is CCCNC(=O)[C@@H](Cc1ccccc1)N(Cc1c(Cl)cccc1Cl)C(=O)CN(c1cc(OC)ccc1OC)S(C)(=O)=O. The second-order valence-corrected chi connectivity index (χ2v) is 12.2. The molecule has 0 aliphatic rings. The summed E-state index contributed by atoms with van der Waals surface area (Å²) in [7, 11) is -1.17. The van der Waals surface area contributed by atoms with Crippen molar-refractivity contribution in [2.45, 2.75) is 32.4 Å². The van der Waals surface area contributed by atoms with Gasteiger partial charge in [0, 0.05) is 41.2 Å². The van der Waals surface area contributed by atoms with Crippen molar-refractivity contribution in [2.75, 3.05) is 37.9 Å². The van der Waals surface area contributed by atoms with Crippen LogP contribution in [-0.2, 0) is 32.6 Å². The Kier molecular flexibility index (Phi) is 11.9. The number of rotatable bonds is 14. The lowest BCUT2D eigenvalue weighted by molar-refractivity contribution is -0.140. The van der Waals surface area contributed by atoms with E-state index in [1.807, 2.05) is 37.3 Å². The molecule has 1 N–H and O–H groups in total. The van der Waals surface area contributed by atoms with Crippen molar-refractivity contribution in [3.63, 3.8) is 0 Å². The molecular formula is C30H35Cl2N3O6S. The summed E-state index contributed by atoms with van der Waals surface area (Å²) in [5, 5.41) is 3.50. The van der Waals surface area contributed by atoms with Crippen molar-refractivity contribution in [1.82, 2.24) is 10.2 Å². The highest BCUT2D eigenvalue weighted by Crippen LogP contribution is 2.34. The second-order valence-electron chi connectivity index (χ2n) is 9.53. The fourth-order valence-electron chi connectivity index (χ4n) is 4.36. The maximum atomic E-state index is 14.2. The maximum Gasteiger partial charge on any atom is 0.244 e. The summed E-state index contributed by atoms with van der Waals surface area (Å²) < 4.78 is 37.8. The Hall–Kier alpha value is -3.47. The quantitative estimate of drug-likeness (QED) is 0.269. The Morgan fingerprint density at radius 2 is 1.62 bits per heavy atom. The van der Waals surface area contributed by atoms with Crippen LogP contribution in [0.2, 0.25) is 10.0 Å². The third kappa shape index (κ3) is 8.53. The number of nitrogens with one attached hydrogen (secondary N) is 1. The van der Waals surface area contributed by atoms with Crippen molar-refractivity contribution >= 4 is 50.7 Å². The number of nitrogens with zero attached hydrogens (tertiary/aromatic N) is 2. The van der Waals surface area contributed by atoms with E-state index in [1.165, 1.54) is 25.2 Å². The van der Waals surface area contributed by atoms with E-state index in [0.717, 1.165) is 16.1 Å². The molecule has 42 heavy (non-hydrogen) atoms. The largest absolute Gasteiger partial charge is 0.497 e. The minimum atomic E-state index is -4.01. The monoisotopic (exact) mass is 635 g/mol. The van der Waals surface area contributed by atoms with Gasteiger partial charge in [0.05, 0.1) is 26.2 Å². The van der Waals surface area contributed by atoms with Gasteiger partial charge in [-0.25, -0.2) is 8.42 Å². The van der Waals surface area contributed by atoms with Gasteiger partial charge < -0.3 is 19.7 Å². The van der Waals surface area contributed by atoms with E-state index in [4.69, 9.17) is 32.7 Å². The van der Waals surface area contributed by atoms with Crippen LogP contribution in [0.1, 0.15) is 24.5 Å². The zero-order chi connectivity index (χ0) is 30.9. The van der Waals surface area contributed by atoms with Crippen molar-refractivity contribution in [3.8, 4) is 11.5 Å². The predicted octanol–water partition coefficient (Wildman–Crippen LogP) is 4.94. The van der Waals surface area contributed by atoms with Gasteiger partial charge in [-0.15, -0.1) is 0 Å². The molecule has 0 aliphatic carbocycles. The number of carbonyl (C=O) groups excluding carboxylic acids is 2. The lowest BCUT2D eigenvalue weighted by atomic mass is 10.0. The van der Waals surface area contributed by atoms with Gasteiger partial charge in [0.15, 0.2) is 0 Å². The molecule has 226 valence electrons. The number of amides is 2. The molecule has 0 heterocycles. The van der Waals surface area contributed by atoms with Gasteiger partial charge in [0.2, 0.25) is 21.8 Å². The molecule has 0 fully saturated rings. The van der Waals surface area contributed by atoms with Crippen LogP contribution in [0.5, 0.6) is 11.5 Å². The van der Waals surface area contributed by atoms with Crippen LogP contribution in [0.4, 0.5) is 5.69 Å². The smallest absolute Gasteiger partial charge is 0.244 e. The number of sulfonamides is 1. The molecule has 0 saturated carbocycles. The Balaban J connectivity index is 2.14. The Morgan fingerprint density at radius 3 is 2.19 bits per heavy atom. The van der Waals surface area contributed by atoms with Gasteiger partial charge in [0.25, 0.3) is 0 Å². The third-order valence-electron chi connectivity index (χ3n) is 6.54. The zero-order valence-corrected chi connectivity index (χ0v) is 26.3. The number of benzene rings is 3. The summed E-state index contributed by atoms with van der Waals surface area (Å²) in [6, 6.07) is 17.8. The molecule has 3 aromatic carbocycles. The summed E-state index contributed by atoms with van der Waals surface area (Å²) in [5.41, 5.74) is 1.35. The minimum Gasteiger partial charge on any atom is -0.497 e. The highest BCUT2D eigenvalue weighted by atomic mass is 35.5. The fraction of sp³-hybridized carbons (Fsp3) is 0.333. The van der Waals surface area contributed by atoms with Crippen molar-refractivity contribution < 1.29 is 27.5 Å². The van der Waals surface area contributed by atoms with E-state index >= 15 is 0 Å². The summed E-state index contributed by atoms with van der Waals surface area (Å²) in [5.74, 6) is -0.445. The zero-order valence-electron chi connectivity index (χ0n) is 24.0. The number of hydrogen-bond donors (Lipinski definition) is 1. The fourth-order valence-corrected chi connectivity index (χ4v) is 5.72. The first-order chi connectivity index (χ1) is 20.0. The van der Waals surface area contributed by atoms with Crippen molar-refractivity contribution in [3.05, 3.63) is 87.9 Å². The van der Waals surface area contributed by atoms with E-state index in [-0.39, 0.29) is 30.3 Å². The van der Waals surface area contributed by atoms with Gasteiger partial charge in [-0.05, 0) is 36.2 Å². The highest BCUT2D eigenvalue weighted by Gasteiger charge is 2.34. The minimum absolute atomic E-state index is 0.110. The Bertz CT molecular complexity index is 1470. The standard InChI is InChI=1S/C30H35Cl2N3O6S/c1-5-16-33-30(37)27(17-21-10-7-6-8-11-21)34(19-23-24(31)12-9-13-25(23)32)29(36)20-35(42(4,38)39)26-18-22(40-2)14-15-28(26)41-3/h6-15,18,27H,5,16-17,19-20H2,1-4H3,(H,33,37)/t27-/m1/s1. The van der Waals surface area contributed by atoms with Gasteiger partial charge in [0.1, 0.15) is 24.1 Å². The number of ether oxygens (including phenoxy) is 2. The molecule has 9 nitrogen and oxygen atoms in total. The number of methoxy groups -OCH3 is 2. The molecule has 3 rings (SSSR count). The summed E-state index contributed by atoms with van der Waals surface area (Å²) >= 11 is 13.0. The van der Waals surface area contributed by atoms with Gasteiger partial charge in [-0.3, -0.25) is 13.9 Å². The molecule has 0 bridgehead atoms. The summed E-state index contributed by atoms with van der Waals surface area (Å²) in [4.78, 5) is 29.2. The maximum absolute atomic E-state index is 14.2. The van der Waals surface area contributed by atoms with Gasteiger partial charge >= 0.3 is 0 Å². The lowest BCUT2D eigenvalue weighted by Crippen LogP contribution is -2.53. The number of halogens is 2. The van der Waals surface area contributed by atoms with Gasteiger partial charge in [-0.1, -0.05) is 66.5 Å². The lowest BCUT2D eigenvalue weighted by Gasteiger charge is -2.34. The van der Waals surface area contributed by atoms with Crippen LogP contribution in [-0.4, -0.2) is 64.7 Å². The van der Waals surface area contributed by atoms with E-state index in [0.29, 0.717) is 34.3 Å². The average molecular weight is 637 g/mol. The van der Waals surface area contributed by atoms with Crippen LogP contribution in [0.15, 0.2) is 66.7 Å². The molecule has 1 atom stereocenters. The molecule has 2 amide bonds. The molecule has 0 saturated heterocycles. The number of anilines is 1. The molecule has 0 spiro atoms. The molecule has 0 aliphatic heterocycles. The van der Waals surface area contributed by atoms with Crippen LogP contribution in [0, 0.1) is 0 Å². The van der Waals surface area contributed by atoms with Crippen molar-refractivity contribution in [2.24, 2.45) is 0 Å². The Morgan fingerprint density at radius 1 is 0.952 bits per heavy atom. The van der Waals surface area contributed by atoms with Crippen LogP contribution in [0.3, 0.4) is 0 Å². The molecule has 0 aromatic heterocycles. The van der Waals surface area contributed by atoms with Crippen molar-refractivity contribution in [1.29, 1.82) is 0 Å². The molecule has 0 unspecified atom stereocenters. The van der Waals surface area contributed by atoms with Crippen LogP contribution in [0.25, 0.3) is 0 Å². The molecule has 0 radical (unpaired) electrons. The topological polar surface area (TPSA) is 105 Å². The summed E-state index contributed by atoms with van der Waals surface area (Å²) in [6.07, 6.45) is 1.85. The second kappa shape index (κ2) is 15.1. The first-order valence-corrected chi connectivity index (χ1v) is 15.8. The average Bonchev–Trinajstić information content (AvgIpc) is 2.97. The highest BCUT2D eigenvalue weighted by molar-refractivity contribution is 7.92. The molecule has 12 heteroatoms. The van der Waals surface area contributed by atoms with E-state index < -0.39 is 28.5 Å². The number of hydrogen-bond acceptors (Lipinski definition) is 6. The van der Waals surface area contributed by atoms with E-state index in [1.54, 1.807) is 30.3 Å². The predicted molar refractivity (Wildman–Crippen MR) is 166 cm³/mol. The van der Waals surface area contributed by atoms with Crippen LogP contribution >= 0.6 is 23.2 Å². The van der Waals surface area contributed by atoms with Gasteiger partial charge in [-0.2, -0.15) is 0 Å².